The van der Waals surface area contributed by atoms with Crippen LogP contribution in [0.3, 0.4) is 0 Å². The Morgan fingerprint density at radius 1 is 1.29 bits per heavy atom. The Kier molecular flexibility index (Phi) is 4.99. The van der Waals surface area contributed by atoms with Gasteiger partial charge in [0.15, 0.2) is 11.4 Å². The van der Waals surface area contributed by atoms with Crippen molar-refractivity contribution < 1.29 is 9.15 Å². The number of pyridine rings is 1. The molecule has 0 saturated carbocycles. The summed E-state index contributed by atoms with van der Waals surface area (Å²) < 4.78 is 13.6. The zero-order valence-corrected chi connectivity index (χ0v) is 18.0. The Morgan fingerprint density at radius 3 is 2.94 bits per heavy atom. The molecule has 0 aliphatic carbocycles. The van der Waals surface area contributed by atoms with Gasteiger partial charge in [-0.15, -0.1) is 5.10 Å². The first-order valence-electron chi connectivity index (χ1n) is 10.5. The van der Waals surface area contributed by atoms with Crippen molar-refractivity contribution in [1.82, 2.24) is 24.5 Å². The van der Waals surface area contributed by atoms with Gasteiger partial charge in [0, 0.05) is 37.4 Å². The fourth-order valence-corrected chi connectivity index (χ4v) is 4.00. The third kappa shape index (κ3) is 3.70. The Hall–Kier alpha value is -3.17. The Balaban J connectivity index is 1.51. The van der Waals surface area contributed by atoms with Crippen LogP contribution in [0.4, 0.5) is 5.82 Å². The molecule has 0 unspecified atom stereocenters. The second kappa shape index (κ2) is 7.82. The highest BCUT2D eigenvalue weighted by atomic mass is 16.5. The SMILES string of the molecule is C[C@H](N)COc1ccc2ncc(-c3cc4c(N5CC[C@@H](N(C)C)C5)nccc4o3)n2n1. The molecule has 9 heteroatoms. The molecule has 5 heterocycles. The molecule has 1 aliphatic rings. The topological polar surface area (TPSA) is 98.0 Å². The number of ether oxygens (including phenoxy) is 1. The van der Waals surface area contributed by atoms with E-state index in [4.69, 9.17) is 14.9 Å². The summed E-state index contributed by atoms with van der Waals surface area (Å²) in [7, 11) is 4.25. The van der Waals surface area contributed by atoms with Gasteiger partial charge in [-0.25, -0.2) is 14.5 Å². The molecule has 0 bridgehead atoms. The summed E-state index contributed by atoms with van der Waals surface area (Å²) >= 11 is 0. The average molecular weight is 422 g/mol. The first-order valence-corrected chi connectivity index (χ1v) is 10.5. The van der Waals surface area contributed by atoms with Crippen molar-refractivity contribution >= 4 is 22.4 Å². The lowest BCUT2D eigenvalue weighted by molar-refractivity contribution is 0.281. The largest absolute Gasteiger partial charge is 0.475 e. The minimum Gasteiger partial charge on any atom is -0.475 e. The Morgan fingerprint density at radius 2 is 2.16 bits per heavy atom. The molecule has 0 spiro atoms. The van der Waals surface area contributed by atoms with Crippen LogP contribution in [0.25, 0.3) is 28.1 Å². The number of hydrogen-bond donors (Lipinski definition) is 1. The lowest BCUT2D eigenvalue weighted by atomic mass is 10.2. The quantitative estimate of drug-likeness (QED) is 0.507. The van der Waals surface area contributed by atoms with Crippen LogP contribution in [-0.4, -0.2) is 70.4 Å². The highest BCUT2D eigenvalue weighted by Crippen LogP contribution is 2.34. The highest BCUT2D eigenvalue weighted by Gasteiger charge is 2.27. The predicted molar refractivity (Wildman–Crippen MR) is 119 cm³/mol. The molecular weight excluding hydrogens is 394 g/mol. The van der Waals surface area contributed by atoms with Crippen molar-refractivity contribution in [3.63, 3.8) is 0 Å². The molecule has 0 aromatic carbocycles. The number of anilines is 1. The van der Waals surface area contributed by atoms with Crippen LogP contribution in [-0.2, 0) is 0 Å². The Bertz CT molecular complexity index is 1210. The van der Waals surface area contributed by atoms with Crippen molar-refractivity contribution in [2.24, 2.45) is 5.73 Å². The van der Waals surface area contributed by atoms with Gasteiger partial charge >= 0.3 is 0 Å². The summed E-state index contributed by atoms with van der Waals surface area (Å²) in [4.78, 5) is 13.7. The number of nitrogens with two attached hydrogens (primary N) is 1. The minimum atomic E-state index is -0.0706. The van der Waals surface area contributed by atoms with E-state index in [2.05, 4.69) is 39.0 Å². The summed E-state index contributed by atoms with van der Waals surface area (Å²) in [5.74, 6) is 2.14. The van der Waals surface area contributed by atoms with Gasteiger partial charge in [0.2, 0.25) is 5.88 Å². The van der Waals surface area contributed by atoms with Crippen LogP contribution < -0.4 is 15.4 Å². The maximum Gasteiger partial charge on any atom is 0.231 e. The summed E-state index contributed by atoms with van der Waals surface area (Å²) in [6, 6.07) is 8.05. The molecule has 0 radical (unpaired) electrons. The van der Waals surface area contributed by atoms with Gasteiger partial charge in [0.25, 0.3) is 0 Å². The van der Waals surface area contributed by atoms with E-state index in [0.717, 1.165) is 47.6 Å². The molecular formula is C22H27N7O2. The van der Waals surface area contributed by atoms with Crippen molar-refractivity contribution in [2.45, 2.75) is 25.4 Å². The van der Waals surface area contributed by atoms with E-state index < -0.39 is 0 Å². The van der Waals surface area contributed by atoms with E-state index in [0.29, 0.717) is 24.3 Å². The summed E-state index contributed by atoms with van der Waals surface area (Å²) in [5.41, 5.74) is 8.07. The van der Waals surface area contributed by atoms with Gasteiger partial charge in [0.1, 0.15) is 23.7 Å². The molecule has 4 aromatic rings. The summed E-state index contributed by atoms with van der Waals surface area (Å²) in [5, 5.41) is 5.56. The highest BCUT2D eigenvalue weighted by molar-refractivity contribution is 5.92. The number of furan rings is 1. The predicted octanol–water partition coefficient (Wildman–Crippen LogP) is 2.40. The van der Waals surface area contributed by atoms with E-state index in [-0.39, 0.29) is 6.04 Å². The smallest absolute Gasteiger partial charge is 0.231 e. The lowest BCUT2D eigenvalue weighted by Crippen LogP contribution is -2.31. The molecule has 162 valence electrons. The van der Waals surface area contributed by atoms with Crippen LogP contribution in [0.1, 0.15) is 13.3 Å². The fourth-order valence-electron chi connectivity index (χ4n) is 4.00. The number of rotatable bonds is 6. The second-order valence-electron chi connectivity index (χ2n) is 8.38. The number of nitrogens with zero attached hydrogens (tertiary/aromatic N) is 6. The van der Waals surface area contributed by atoms with Crippen LogP contribution in [0.5, 0.6) is 5.88 Å². The second-order valence-corrected chi connectivity index (χ2v) is 8.38. The first kappa shape index (κ1) is 19.8. The van der Waals surface area contributed by atoms with Gasteiger partial charge in [-0.05, 0) is 45.6 Å². The maximum absolute atomic E-state index is 6.19. The minimum absolute atomic E-state index is 0.0706. The van der Waals surface area contributed by atoms with Gasteiger partial charge in [-0.2, -0.15) is 0 Å². The number of aromatic nitrogens is 4. The molecule has 1 aliphatic heterocycles. The molecule has 2 N–H and O–H groups in total. The van der Waals surface area contributed by atoms with E-state index >= 15 is 0 Å². The third-order valence-electron chi connectivity index (χ3n) is 5.70. The molecule has 31 heavy (non-hydrogen) atoms. The molecule has 1 saturated heterocycles. The first-order chi connectivity index (χ1) is 15.0. The zero-order chi connectivity index (χ0) is 21.5. The molecule has 4 aromatic heterocycles. The summed E-state index contributed by atoms with van der Waals surface area (Å²) in [6.45, 7) is 4.22. The van der Waals surface area contributed by atoms with Crippen molar-refractivity contribution in [1.29, 1.82) is 0 Å². The van der Waals surface area contributed by atoms with Crippen LogP contribution in [0, 0.1) is 0 Å². The average Bonchev–Trinajstić information content (AvgIpc) is 3.48. The number of imidazole rings is 1. The van der Waals surface area contributed by atoms with Gasteiger partial charge in [0.05, 0.1) is 11.6 Å². The van der Waals surface area contributed by atoms with Crippen LogP contribution >= 0.6 is 0 Å². The van der Waals surface area contributed by atoms with Gasteiger partial charge < -0.3 is 24.7 Å². The van der Waals surface area contributed by atoms with E-state index in [1.54, 1.807) is 23.0 Å². The number of likely N-dealkylation sites (N-methyl/N-ethyl adjacent to an activating group) is 1. The van der Waals surface area contributed by atoms with Crippen LogP contribution in [0.15, 0.2) is 41.1 Å². The molecule has 2 atom stereocenters. The van der Waals surface area contributed by atoms with E-state index in [1.807, 2.05) is 25.1 Å². The standard InChI is InChI=1S/C22H27N7O2/c1-14(23)13-30-21-5-4-20-25-11-17(29(20)26-21)19-10-16-18(31-19)6-8-24-22(16)28-9-7-15(12-28)27(2)3/h4-6,8,10-11,14-15H,7,9,12-13,23H2,1-3H3/t14-,15+/m0/s1. The molecule has 1 fully saturated rings. The van der Waals surface area contributed by atoms with E-state index in [1.165, 1.54) is 0 Å². The van der Waals surface area contributed by atoms with Gasteiger partial charge in [-0.3, -0.25) is 0 Å². The third-order valence-corrected chi connectivity index (χ3v) is 5.70. The van der Waals surface area contributed by atoms with Crippen molar-refractivity contribution in [3.05, 3.63) is 36.7 Å². The van der Waals surface area contributed by atoms with E-state index in [9.17, 15) is 0 Å². The Labute approximate surface area is 180 Å². The monoisotopic (exact) mass is 421 g/mol. The number of fused-ring (bicyclic) bond motifs is 2. The molecule has 0 amide bonds. The molecule has 9 nitrogen and oxygen atoms in total. The van der Waals surface area contributed by atoms with Gasteiger partial charge in [-0.1, -0.05) is 0 Å². The fraction of sp³-hybridized carbons (Fsp3) is 0.409. The normalized spacial score (nSPS) is 17.8. The van der Waals surface area contributed by atoms with Crippen molar-refractivity contribution in [2.75, 3.05) is 38.7 Å². The lowest BCUT2D eigenvalue weighted by Gasteiger charge is -2.21. The van der Waals surface area contributed by atoms with Crippen LogP contribution in [0.2, 0.25) is 0 Å². The van der Waals surface area contributed by atoms with Crippen molar-refractivity contribution in [3.8, 4) is 17.3 Å². The molecule has 5 rings (SSSR count). The summed E-state index contributed by atoms with van der Waals surface area (Å²) in [6.07, 6.45) is 4.69. The maximum atomic E-state index is 6.19. The number of hydrogen-bond acceptors (Lipinski definition) is 8. The zero-order valence-electron chi connectivity index (χ0n) is 18.0.